The SMILES string of the molecule is C[C@@H](Sc1nnc(C2CC2)o1)C(=O)Nc1cccc(S(=O)(=O)N(C)C)c1. The molecule has 1 atom stereocenters. The van der Waals surface area contributed by atoms with Gasteiger partial charge in [0.25, 0.3) is 5.22 Å². The van der Waals surface area contributed by atoms with Gasteiger partial charge in [0.1, 0.15) is 0 Å². The molecule has 1 N–H and O–H groups in total. The Morgan fingerprint density at radius 1 is 1.35 bits per heavy atom. The highest BCUT2D eigenvalue weighted by Gasteiger charge is 2.30. The number of nitrogens with one attached hydrogen (secondary N) is 1. The second-order valence-corrected chi connectivity index (χ2v) is 9.69. The van der Waals surface area contributed by atoms with E-state index in [1.165, 1.54) is 38.0 Å². The number of hydrogen-bond acceptors (Lipinski definition) is 7. The Balaban J connectivity index is 1.65. The van der Waals surface area contributed by atoms with Crippen LogP contribution in [0.2, 0.25) is 0 Å². The van der Waals surface area contributed by atoms with Crippen molar-refractivity contribution in [1.29, 1.82) is 0 Å². The van der Waals surface area contributed by atoms with Gasteiger partial charge in [-0.2, -0.15) is 0 Å². The summed E-state index contributed by atoms with van der Waals surface area (Å²) in [6.07, 6.45) is 2.13. The summed E-state index contributed by atoms with van der Waals surface area (Å²) in [7, 11) is -0.644. The zero-order chi connectivity index (χ0) is 18.9. The Labute approximate surface area is 156 Å². The number of sulfonamides is 1. The number of benzene rings is 1. The van der Waals surface area contributed by atoms with Crippen LogP contribution in [-0.4, -0.2) is 48.2 Å². The van der Waals surface area contributed by atoms with Crippen molar-refractivity contribution in [1.82, 2.24) is 14.5 Å². The Bertz CT molecular complexity index is 906. The van der Waals surface area contributed by atoms with E-state index in [0.717, 1.165) is 17.1 Å². The van der Waals surface area contributed by atoms with E-state index in [-0.39, 0.29) is 10.8 Å². The summed E-state index contributed by atoms with van der Waals surface area (Å²) >= 11 is 1.17. The van der Waals surface area contributed by atoms with Gasteiger partial charge in [-0.1, -0.05) is 17.8 Å². The van der Waals surface area contributed by atoms with Gasteiger partial charge in [0.15, 0.2) is 0 Å². The van der Waals surface area contributed by atoms with Gasteiger partial charge >= 0.3 is 0 Å². The molecule has 2 aromatic rings. The number of amides is 1. The lowest BCUT2D eigenvalue weighted by molar-refractivity contribution is -0.115. The number of thioether (sulfide) groups is 1. The van der Waals surface area contributed by atoms with Crippen LogP contribution >= 0.6 is 11.8 Å². The normalized spacial score (nSPS) is 15.8. The molecule has 0 radical (unpaired) electrons. The molecule has 1 aromatic carbocycles. The van der Waals surface area contributed by atoms with Crippen LogP contribution in [0.25, 0.3) is 0 Å². The average Bonchev–Trinajstić information content (AvgIpc) is 3.34. The first-order chi connectivity index (χ1) is 12.3. The zero-order valence-corrected chi connectivity index (χ0v) is 16.3. The monoisotopic (exact) mass is 396 g/mol. The topological polar surface area (TPSA) is 105 Å². The van der Waals surface area contributed by atoms with Crippen molar-refractivity contribution in [2.45, 2.75) is 41.1 Å². The van der Waals surface area contributed by atoms with E-state index >= 15 is 0 Å². The fourth-order valence-corrected chi connectivity index (χ4v) is 3.79. The lowest BCUT2D eigenvalue weighted by Crippen LogP contribution is -2.24. The molecule has 1 aliphatic rings. The third kappa shape index (κ3) is 4.25. The second-order valence-electron chi connectivity index (χ2n) is 6.25. The van der Waals surface area contributed by atoms with Crippen LogP contribution in [0.1, 0.15) is 31.6 Å². The van der Waals surface area contributed by atoms with Gasteiger partial charge in [0, 0.05) is 25.7 Å². The standard InChI is InChI=1S/C16H20N4O4S2/c1-10(25-16-19-18-15(24-16)11-7-8-11)14(21)17-12-5-4-6-13(9-12)26(22,23)20(2)3/h4-6,9-11H,7-8H2,1-3H3,(H,17,21)/t10-/m1/s1. The largest absolute Gasteiger partial charge is 0.416 e. The molecule has 0 saturated heterocycles. The molecule has 1 saturated carbocycles. The van der Waals surface area contributed by atoms with E-state index in [2.05, 4.69) is 15.5 Å². The van der Waals surface area contributed by atoms with Crippen molar-refractivity contribution in [3.63, 3.8) is 0 Å². The molecular formula is C16H20N4O4S2. The van der Waals surface area contributed by atoms with Crippen LogP contribution in [0.3, 0.4) is 0 Å². The van der Waals surface area contributed by atoms with Crippen LogP contribution < -0.4 is 5.32 Å². The number of hydrogen-bond donors (Lipinski definition) is 1. The van der Waals surface area contributed by atoms with Crippen LogP contribution in [0.4, 0.5) is 5.69 Å². The summed E-state index contributed by atoms with van der Waals surface area (Å²) in [4.78, 5) is 12.5. The third-order valence-electron chi connectivity index (χ3n) is 3.88. The van der Waals surface area contributed by atoms with Crippen molar-refractivity contribution >= 4 is 33.4 Å². The molecule has 10 heteroatoms. The van der Waals surface area contributed by atoms with Gasteiger partial charge in [0.05, 0.1) is 10.1 Å². The summed E-state index contributed by atoms with van der Waals surface area (Å²) in [6, 6.07) is 6.15. The summed E-state index contributed by atoms with van der Waals surface area (Å²) in [5, 5.41) is 10.6. The molecule has 8 nitrogen and oxygen atoms in total. The lowest BCUT2D eigenvalue weighted by atomic mass is 10.3. The maximum atomic E-state index is 12.4. The van der Waals surface area contributed by atoms with Crippen molar-refractivity contribution in [3.05, 3.63) is 30.2 Å². The maximum absolute atomic E-state index is 12.4. The molecular weight excluding hydrogens is 376 g/mol. The second kappa shape index (κ2) is 7.37. The summed E-state index contributed by atoms with van der Waals surface area (Å²) in [5.41, 5.74) is 0.412. The van der Waals surface area contributed by atoms with Crippen molar-refractivity contribution in [3.8, 4) is 0 Å². The summed E-state index contributed by atoms with van der Waals surface area (Å²) < 4.78 is 31.0. The van der Waals surface area contributed by atoms with Gasteiger partial charge in [-0.3, -0.25) is 4.79 Å². The van der Waals surface area contributed by atoms with E-state index < -0.39 is 15.3 Å². The molecule has 1 fully saturated rings. The van der Waals surface area contributed by atoms with E-state index in [1.54, 1.807) is 19.1 Å². The lowest BCUT2D eigenvalue weighted by Gasteiger charge is -2.13. The molecule has 1 aromatic heterocycles. The van der Waals surface area contributed by atoms with Gasteiger partial charge in [0.2, 0.25) is 21.8 Å². The van der Waals surface area contributed by atoms with E-state index in [9.17, 15) is 13.2 Å². The van der Waals surface area contributed by atoms with Crippen LogP contribution in [0, 0.1) is 0 Å². The minimum atomic E-state index is -3.56. The number of carbonyl (C=O) groups excluding carboxylic acids is 1. The first-order valence-electron chi connectivity index (χ1n) is 8.11. The van der Waals surface area contributed by atoms with E-state index in [0.29, 0.717) is 22.7 Å². The third-order valence-corrected chi connectivity index (χ3v) is 6.62. The fourth-order valence-electron chi connectivity index (χ4n) is 2.16. The van der Waals surface area contributed by atoms with Crippen LogP contribution in [0.5, 0.6) is 0 Å². The Kier molecular flexibility index (Phi) is 5.35. The van der Waals surface area contributed by atoms with Gasteiger partial charge in [-0.25, -0.2) is 12.7 Å². The molecule has 1 heterocycles. The highest BCUT2D eigenvalue weighted by molar-refractivity contribution is 8.00. The Hall–Kier alpha value is -1.91. The number of aromatic nitrogens is 2. The first-order valence-corrected chi connectivity index (χ1v) is 10.4. The van der Waals surface area contributed by atoms with Gasteiger partial charge in [-0.05, 0) is 38.0 Å². The molecule has 1 aliphatic carbocycles. The number of rotatable bonds is 7. The number of carbonyl (C=O) groups is 1. The quantitative estimate of drug-likeness (QED) is 0.716. The highest BCUT2D eigenvalue weighted by Crippen LogP contribution is 2.40. The van der Waals surface area contributed by atoms with Crippen molar-refractivity contribution in [2.75, 3.05) is 19.4 Å². The molecule has 0 bridgehead atoms. The minimum Gasteiger partial charge on any atom is -0.416 e. The average molecular weight is 396 g/mol. The molecule has 0 aliphatic heterocycles. The van der Waals surface area contributed by atoms with E-state index in [4.69, 9.17) is 4.42 Å². The summed E-state index contributed by atoms with van der Waals surface area (Å²) in [6.45, 7) is 1.72. The number of anilines is 1. The highest BCUT2D eigenvalue weighted by atomic mass is 32.2. The minimum absolute atomic E-state index is 0.117. The van der Waals surface area contributed by atoms with E-state index in [1.807, 2.05) is 0 Å². The molecule has 3 rings (SSSR count). The maximum Gasteiger partial charge on any atom is 0.277 e. The molecule has 0 unspecified atom stereocenters. The molecule has 0 spiro atoms. The van der Waals surface area contributed by atoms with Gasteiger partial charge < -0.3 is 9.73 Å². The van der Waals surface area contributed by atoms with Crippen molar-refractivity contribution in [2.24, 2.45) is 0 Å². The Morgan fingerprint density at radius 3 is 2.73 bits per heavy atom. The molecule has 26 heavy (non-hydrogen) atoms. The first kappa shape index (κ1) is 18.9. The zero-order valence-electron chi connectivity index (χ0n) is 14.7. The van der Waals surface area contributed by atoms with Crippen LogP contribution in [-0.2, 0) is 14.8 Å². The fraction of sp³-hybridized carbons (Fsp3) is 0.438. The molecule has 1 amide bonds. The smallest absolute Gasteiger partial charge is 0.277 e. The van der Waals surface area contributed by atoms with Crippen molar-refractivity contribution < 1.29 is 17.6 Å². The number of nitrogens with zero attached hydrogens (tertiary/aromatic N) is 3. The predicted octanol–water partition coefficient (Wildman–Crippen LogP) is 2.32. The Morgan fingerprint density at radius 2 is 2.08 bits per heavy atom. The van der Waals surface area contributed by atoms with Gasteiger partial charge in [-0.15, -0.1) is 10.2 Å². The predicted molar refractivity (Wildman–Crippen MR) is 97.5 cm³/mol. The summed E-state index contributed by atoms with van der Waals surface area (Å²) in [5.74, 6) is 0.713. The molecule has 140 valence electrons. The van der Waals surface area contributed by atoms with Crippen LogP contribution in [0.15, 0.2) is 38.8 Å².